The number of halogens is 5. The summed E-state index contributed by atoms with van der Waals surface area (Å²) in [6, 6.07) is 4.16. The summed E-state index contributed by atoms with van der Waals surface area (Å²) in [4.78, 5) is 22.0. The first kappa shape index (κ1) is 16.3. The molecule has 0 saturated heterocycles. The number of carbonyl (C=O) groups is 2. The van der Waals surface area contributed by atoms with Gasteiger partial charge in [-0.2, -0.15) is 13.2 Å². The summed E-state index contributed by atoms with van der Waals surface area (Å²) in [5, 5.41) is 8.46. The number of hydrogen-bond acceptors (Lipinski definition) is 2. The van der Waals surface area contributed by atoms with Gasteiger partial charge in [-0.15, -0.1) is 0 Å². The normalized spacial score (nSPS) is 12.7. The van der Waals surface area contributed by atoms with E-state index in [9.17, 15) is 22.8 Å². The molecule has 1 rings (SSSR count). The number of para-hydroxylation sites is 1. The molecule has 0 aromatic heterocycles. The van der Waals surface area contributed by atoms with E-state index in [0.717, 1.165) is 18.2 Å². The van der Waals surface area contributed by atoms with Crippen LogP contribution in [0.4, 0.5) is 18.9 Å². The number of carboxylic acid groups (broad SMARTS) is 1. The highest BCUT2D eigenvalue weighted by Crippen LogP contribution is 2.34. The Hall–Kier alpha value is -1.73. The first-order valence-corrected chi connectivity index (χ1v) is 5.66. The van der Waals surface area contributed by atoms with E-state index in [0.29, 0.717) is 0 Å². The molecule has 9 heteroatoms. The van der Waals surface area contributed by atoms with Gasteiger partial charge in [0.15, 0.2) is 0 Å². The zero-order chi connectivity index (χ0) is 15.5. The number of alkyl halides is 3. The number of hydrogen-bond donors (Lipinski definition) is 2. The Kier molecular flexibility index (Phi) is 5.02. The van der Waals surface area contributed by atoms with E-state index in [2.05, 4.69) is 0 Å². The maximum absolute atomic E-state index is 12.7. The minimum absolute atomic E-state index is 0.557. The summed E-state index contributed by atoms with van der Waals surface area (Å²) in [5.41, 5.74) is -1.65. The number of amides is 1. The smallest absolute Gasteiger partial charge is 0.418 e. The standard InChI is InChI=1S/C11H6Cl2F3NO3/c12-7(8(13)10(19)20)9(18)17-6-4-2-1-3-5(6)11(14,15)16/h1-4H,(H,17,18)(H,19,20)/b8-7-. The molecule has 20 heavy (non-hydrogen) atoms. The minimum atomic E-state index is -4.68. The number of carbonyl (C=O) groups excluding carboxylic acids is 1. The molecule has 0 radical (unpaired) electrons. The van der Waals surface area contributed by atoms with Gasteiger partial charge in [0.1, 0.15) is 10.1 Å². The number of anilines is 1. The molecule has 1 aromatic carbocycles. The van der Waals surface area contributed by atoms with Crippen LogP contribution >= 0.6 is 23.2 Å². The Morgan fingerprint density at radius 3 is 2.15 bits per heavy atom. The van der Waals surface area contributed by atoms with Gasteiger partial charge in [-0.05, 0) is 12.1 Å². The molecule has 0 bridgehead atoms. The highest BCUT2D eigenvalue weighted by atomic mass is 35.5. The average molecular weight is 328 g/mol. The minimum Gasteiger partial charge on any atom is -0.477 e. The predicted molar refractivity (Wildman–Crippen MR) is 66.4 cm³/mol. The Bertz CT molecular complexity index is 585. The van der Waals surface area contributed by atoms with E-state index in [1.807, 2.05) is 5.32 Å². The number of benzene rings is 1. The number of nitrogens with one attached hydrogen (secondary N) is 1. The van der Waals surface area contributed by atoms with Crippen molar-refractivity contribution in [3.63, 3.8) is 0 Å². The maximum atomic E-state index is 12.7. The van der Waals surface area contributed by atoms with E-state index < -0.39 is 39.4 Å². The average Bonchev–Trinajstić information content (AvgIpc) is 2.36. The molecule has 2 N–H and O–H groups in total. The molecule has 4 nitrogen and oxygen atoms in total. The van der Waals surface area contributed by atoms with Crippen molar-refractivity contribution >= 4 is 40.8 Å². The summed E-state index contributed by atoms with van der Waals surface area (Å²) >= 11 is 10.6. The fourth-order valence-corrected chi connectivity index (χ4v) is 1.42. The van der Waals surface area contributed by atoms with Gasteiger partial charge in [0, 0.05) is 0 Å². The third-order valence-electron chi connectivity index (χ3n) is 2.06. The molecule has 0 aliphatic rings. The van der Waals surface area contributed by atoms with E-state index in [1.54, 1.807) is 0 Å². The lowest BCUT2D eigenvalue weighted by atomic mass is 10.1. The van der Waals surface area contributed by atoms with Gasteiger partial charge in [0.05, 0.1) is 11.3 Å². The van der Waals surface area contributed by atoms with E-state index in [4.69, 9.17) is 28.3 Å². The van der Waals surface area contributed by atoms with Crippen molar-refractivity contribution in [3.8, 4) is 0 Å². The highest BCUT2D eigenvalue weighted by molar-refractivity contribution is 6.54. The SMILES string of the molecule is O=C(O)/C(Cl)=C(/Cl)C(=O)Nc1ccccc1C(F)(F)F. The van der Waals surface area contributed by atoms with Gasteiger partial charge in [0.2, 0.25) is 0 Å². The lowest BCUT2D eigenvalue weighted by Crippen LogP contribution is -2.18. The number of rotatable bonds is 3. The van der Waals surface area contributed by atoms with E-state index >= 15 is 0 Å². The summed E-state index contributed by atoms with van der Waals surface area (Å²) in [6.07, 6.45) is -4.68. The Labute approximate surface area is 120 Å². The monoisotopic (exact) mass is 327 g/mol. The van der Waals surface area contributed by atoms with E-state index in [1.165, 1.54) is 6.07 Å². The van der Waals surface area contributed by atoms with Crippen LogP contribution in [0.25, 0.3) is 0 Å². The maximum Gasteiger partial charge on any atom is 0.418 e. The molecule has 0 aliphatic carbocycles. The van der Waals surface area contributed by atoms with Crippen molar-refractivity contribution in [1.29, 1.82) is 0 Å². The van der Waals surface area contributed by atoms with Crippen molar-refractivity contribution in [1.82, 2.24) is 0 Å². The van der Waals surface area contributed by atoms with Crippen LogP contribution in [0.3, 0.4) is 0 Å². The van der Waals surface area contributed by atoms with Crippen LogP contribution in [0.5, 0.6) is 0 Å². The fourth-order valence-electron chi connectivity index (χ4n) is 1.21. The van der Waals surface area contributed by atoms with Crippen LogP contribution in [0.15, 0.2) is 34.3 Å². The second kappa shape index (κ2) is 6.15. The van der Waals surface area contributed by atoms with Gasteiger partial charge in [-0.3, -0.25) is 4.79 Å². The molecule has 0 unspecified atom stereocenters. The Morgan fingerprint density at radius 1 is 1.10 bits per heavy atom. The first-order chi connectivity index (χ1) is 9.14. The largest absolute Gasteiger partial charge is 0.477 e. The van der Waals surface area contributed by atoms with Crippen LogP contribution in [0.1, 0.15) is 5.56 Å². The molecule has 0 heterocycles. The highest BCUT2D eigenvalue weighted by Gasteiger charge is 2.33. The van der Waals surface area contributed by atoms with Crippen molar-refractivity contribution in [2.45, 2.75) is 6.18 Å². The molecule has 0 atom stereocenters. The Balaban J connectivity index is 3.10. The van der Waals surface area contributed by atoms with Crippen LogP contribution in [-0.2, 0) is 15.8 Å². The molecule has 0 saturated carbocycles. The van der Waals surface area contributed by atoms with Gasteiger partial charge in [-0.25, -0.2) is 4.79 Å². The lowest BCUT2D eigenvalue weighted by molar-refractivity contribution is -0.137. The molecular weight excluding hydrogens is 322 g/mol. The summed E-state index contributed by atoms with van der Waals surface area (Å²) in [5.74, 6) is -2.92. The first-order valence-electron chi connectivity index (χ1n) is 4.90. The fraction of sp³-hybridized carbons (Fsp3) is 0.0909. The van der Waals surface area contributed by atoms with Gasteiger partial charge in [0.25, 0.3) is 5.91 Å². The van der Waals surface area contributed by atoms with Crippen molar-refractivity contribution in [3.05, 3.63) is 39.9 Å². The molecule has 1 amide bonds. The van der Waals surface area contributed by atoms with Crippen molar-refractivity contribution in [2.24, 2.45) is 0 Å². The second-order valence-corrected chi connectivity index (χ2v) is 4.19. The molecule has 0 aliphatic heterocycles. The topological polar surface area (TPSA) is 66.4 Å². The van der Waals surface area contributed by atoms with Gasteiger partial charge >= 0.3 is 12.1 Å². The summed E-state index contributed by atoms with van der Waals surface area (Å²) in [7, 11) is 0. The van der Waals surface area contributed by atoms with Gasteiger partial charge in [-0.1, -0.05) is 35.3 Å². The van der Waals surface area contributed by atoms with Gasteiger partial charge < -0.3 is 10.4 Å². The molecule has 1 aromatic rings. The summed E-state index contributed by atoms with van der Waals surface area (Å²) < 4.78 is 38.0. The number of aliphatic carboxylic acids is 1. The zero-order valence-electron chi connectivity index (χ0n) is 9.46. The van der Waals surface area contributed by atoms with Crippen LogP contribution in [0.2, 0.25) is 0 Å². The quantitative estimate of drug-likeness (QED) is 0.836. The lowest BCUT2D eigenvalue weighted by Gasteiger charge is -2.13. The van der Waals surface area contributed by atoms with Crippen molar-refractivity contribution in [2.75, 3.05) is 5.32 Å². The van der Waals surface area contributed by atoms with Crippen molar-refractivity contribution < 1.29 is 27.9 Å². The second-order valence-electron chi connectivity index (χ2n) is 3.43. The third-order valence-corrected chi connectivity index (χ3v) is 2.87. The number of carboxylic acids is 1. The van der Waals surface area contributed by atoms with Crippen LogP contribution < -0.4 is 5.32 Å². The zero-order valence-corrected chi connectivity index (χ0v) is 11.0. The summed E-state index contributed by atoms with van der Waals surface area (Å²) in [6.45, 7) is 0. The van der Waals surface area contributed by atoms with E-state index in [-0.39, 0.29) is 0 Å². The third kappa shape index (κ3) is 3.88. The predicted octanol–water partition coefficient (Wildman–Crippen LogP) is 3.42. The van der Waals surface area contributed by atoms with Crippen LogP contribution in [0, 0.1) is 0 Å². The molecule has 0 spiro atoms. The Morgan fingerprint density at radius 2 is 1.65 bits per heavy atom. The van der Waals surface area contributed by atoms with Crippen LogP contribution in [-0.4, -0.2) is 17.0 Å². The molecule has 108 valence electrons. The molecule has 0 fully saturated rings. The molecular formula is C11H6Cl2F3NO3.